The van der Waals surface area contributed by atoms with Gasteiger partial charge in [-0.2, -0.15) is 0 Å². The predicted molar refractivity (Wildman–Crippen MR) is 88.6 cm³/mol. The monoisotopic (exact) mass is 283 g/mol. The molecule has 124 valence electrons. The lowest BCUT2D eigenvalue weighted by Gasteiger charge is -2.32. The molecule has 1 amide bonds. The molecule has 0 bridgehead atoms. The summed E-state index contributed by atoms with van der Waals surface area (Å²) < 4.78 is 10.5. The highest BCUT2D eigenvalue weighted by molar-refractivity contribution is 5.81. The molecule has 2 atom stereocenters. The van der Waals surface area contributed by atoms with Gasteiger partial charge in [0.15, 0.2) is 0 Å². The summed E-state index contributed by atoms with van der Waals surface area (Å²) >= 11 is 0. The fourth-order valence-electron chi connectivity index (χ4n) is 1.03. The van der Waals surface area contributed by atoms with Crippen molar-refractivity contribution in [3.63, 3.8) is 0 Å². The van der Waals surface area contributed by atoms with Gasteiger partial charge in [-0.1, -0.05) is 44.6 Å². The number of amides is 1. The van der Waals surface area contributed by atoms with E-state index >= 15 is 0 Å². The summed E-state index contributed by atoms with van der Waals surface area (Å²) in [4.78, 5) is 12.6. The Kier molecular flexibility index (Phi) is 33.2. The molecule has 0 aromatic heterocycles. The summed E-state index contributed by atoms with van der Waals surface area (Å²) in [5.74, 6) is 0.178. The molecule has 1 aliphatic heterocycles. The van der Waals surface area contributed by atoms with E-state index in [1.807, 2.05) is 13.8 Å². The molecule has 0 aromatic carbocycles. The van der Waals surface area contributed by atoms with Gasteiger partial charge >= 0.3 is 0 Å². The molecule has 2 unspecified atom stereocenters. The average Bonchev–Trinajstić information content (AvgIpc) is 2.14. The zero-order chi connectivity index (χ0) is 9.84. The maximum Gasteiger partial charge on any atom is 0.226 e. The zero-order valence-corrected chi connectivity index (χ0v) is 8.45. The van der Waals surface area contributed by atoms with Gasteiger partial charge in [-0.05, 0) is 13.8 Å². The maximum atomic E-state index is 10.9. The maximum absolute atomic E-state index is 10.9. The third-order valence-corrected chi connectivity index (χ3v) is 2.47. The first-order valence-electron chi connectivity index (χ1n) is 4.57. The molecule has 1 rings (SSSR count). The van der Waals surface area contributed by atoms with E-state index in [9.17, 15) is 4.79 Å². The van der Waals surface area contributed by atoms with Gasteiger partial charge in [0.1, 0.15) is 6.73 Å². The summed E-state index contributed by atoms with van der Waals surface area (Å²) in [6.07, 6.45) is 0.757. The van der Waals surface area contributed by atoms with Crippen molar-refractivity contribution in [3.05, 3.63) is 0 Å². The molecule has 4 nitrogen and oxygen atoms in total. The number of hydrogen-bond donors (Lipinski definition) is 0. The first kappa shape index (κ1) is 36.2. The highest BCUT2D eigenvalue weighted by Gasteiger charge is 2.24. The van der Waals surface area contributed by atoms with E-state index in [1.165, 1.54) is 0 Å². The molecule has 1 saturated heterocycles. The van der Waals surface area contributed by atoms with Crippen LogP contribution in [0, 0.1) is 0 Å². The Morgan fingerprint density at radius 2 is 1.53 bits per heavy atom. The van der Waals surface area contributed by atoms with Gasteiger partial charge < -0.3 is 14.4 Å². The highest BCUT2D eigenvalue weighted by atomic mass is 16.5. The first-order valence-corrected chi connectivity index (χ1v) is 4.57. The molecule has 4 heteroatoms. The second-order valence-corrected chi connectivity index (χ2v) is 3.35. The lowest BCUT2D eigenvalue weighted by Crippen LogP contribution is -2.45. The summed E-state index contributed by atoms with van der Waals surface area (Å²) in [6, 6.07) is 0. The normalized spacial score (nSPS) is 14.5. The zero-order valence-electron chi connectivity index (χ0n) is 8.45. The van der Waals surface area contributed by atoms with Crippen molar-refractivity contribution in [1.29, 1.82) is 0 Å². The second kappa shape index (κ2) is 17.4. The number of β-lactam (4-membered cyclic amide) rings is 1. The molecule has 0 N–H and O–H groups in total. The molecule has 0 aromatic rings. The van der Waals surface area contributed by atoms with Gasteiger partial charge in [0.2, 0.25) is 5.91 Å². The summed E-state index contributed by atoms with van der Waals surface area (Å²) in [6.45, 7) is 5.11. The van der Waals surface area contributed by atoms with Crippen LogP contribution in [0.15, 0.2) is 0 Å². The van der Waals surface area contributed by atoms with E-state index in [1.54, 1.807) is 12.0 Å². The van der Waals surface area contributed by atoms with Crippen LogP contribution < -0.4 is 0 Å². The third kappa shape index (κ3) is 11.0. The minimum atomic E-state index is 0. The average molecular weight is 283 g/mol. The van der Waals surface area contributed by atoms with Gasteiger partial charge in [0.05, 0.1) is 12.2 Å². The number of rotatable bonds is 5. The molecule has 0 aliphatic carbocycles. The molecule has 1 fully saturated rings. The SMILES string of the molecule is C.C.C.C.C.C.COC(C)C(C)OCN1CCC1=O. The quantitative estimate of drug-likeness (QED) is 0.700. The van der Waals surface area contributed by atoms with Crippen molar-refractivity contribution in [2.45, 2.75) is 77.0 Å². The van der Waals surface area contributed by atoms with Gasteiger partial charge in [0, 0.05) is 20.1 Å². The molecular formula is C15H41NO3. The Balaban J connectivity index is -0.0000000704. The number of carbonyl (C=O) groups is 1. The van der Waals surface area contributed by atoms with Crippen LogP contribution in [0.5, 0.6) is 0 Å². The van der Waals surface area contributed by atoms with E-state index in [2.05, 4.69) is 0 Å². The van der Waals surface area contributed by atoms with Crippen molar-refractivity contribution < 1.29 is 14.3 Å². The van der Waals surface area contributed by atoms with Crippen LogP contribution in [-0.2, 0) is 14.3 Å². The molecule has 0 radical (unpaired) electrons. The van der Waals surface area contributed by atoms with E-state index in [4.69, 9.17) is 9.47 Å². The number of hydrogen-bond acceptors (Lipinski definition) is 3. The Bertz CT molecular complexity index is 186. The lowest BCUT2D eigenvalue weighted by atomic mass is 10.2. The van der Waals surface area contributed by atoms with Crippen molar-refractivity contribution >= 4 is 5.91 Å². The standard InChI is InChI=1S/C9H17NO3.6CH4/c1-7(12-3)8(2)13-6-10-5-4-9(10)11;;;;;;/h7-8H,4-6H2,1-3H3;6*1H4. The van der Waals surface area contributed by atoms with E-state index in [0.29, 0.717) is 13.2 Å². The minimum Gasteiger partial charge on any atom is -0.379 e. The Morgan fingerprint density at radius 3 is 1.79 bits per heavy atom. The molecule has 0 saturated carbocycles. The summed E-state index contributed by atoms with van der Waals surface area (Å²) in [5.41, 5.74) is 0. The van der Waals surface area contributed by atoms with Crippen LogP contribution in [0.1, 0.15) is 64.8 Å². The number of likely N-dealkylation sites (tertiary alicyclic amines) is 1. The third-order valence-electron chi connectivity index (χ3n) is 2.47. The molecule has 1 heterocycles. The topological polar surface area (TPSA) is 38.8 Å². The number of nitrogens with zero attached hydrogens (tertiary/aromatic N) is 1. The fraction of sp³-hybridized carbons (Fsp3) is 0.933. The van der Waals surface area contributed by atoms with Gasteiger partial charge in [-0.25, -0.2) is 0 Å². The summed E-state index contributed by atoms with van der Waals surface area (Å²) in [5, 5.41) is 0. The molecule has 19 heavy (non-hydrogen) atoms. The smallest absolute Gasteiger partial charge is 0.226 e. The Hall–Kier alpha value is -0.610. The minimum absolute atomic E-state index is 0. The number of carbonyl (C=O) groups excluding carboxylic acids is 1. The molecule has 1 aliphatic rings. The van der Waals surface area contributed by atoms with E-state index < -0.39 is 0 Å². The highest BCUT2D eigenvalue weighted by Crippen LogP contribution is 2.10. The lowest BCUT2D eigenvalue weighted by molar-refractivity contribution is -0.153. The van der Waals surface area contributed by atoms with Crippen LogP contribution in [0.3, 0.4) is 0 Å². The van der Waals surface area contributed by atoms with E-state index in [-0.39, 0.29) is 62.7 Å². The number of methoxy groups -OCH3 is 1. The van der Waals surface area contributed by atoms with Crippen LogP contribution >= 0.6 is 0 Å². The molecule has 0 spiro atoms. The second-order valence-electron chi connectivity index (χ2n) is 3.35. The van der Waals surface area contributed by atoms with Crippen LogP contribution in [0.25, 0.3) is 0 Å². The van der Waals surface area contributed by atoms with Gasteiger partial charge in [0.25, 0.3) is 0 Å². The Morgan fingerprint density at radius 1 is 1.05 bits per heavy atom. The van der Waals surface area contributed by atoms with Crippen molar-refractivity contribution in [2.24, 2.45) is 0 Å². The van der Waals surface area contributed by atoms with Crippen LogP contribution in [0.4, 0.5) is 0 Å². The first-order chi connectivity index (χ1) is 6.15. The van der Waals surface area contributed by atoms with Crippen molar-refractivity contribution in [3.8, 4) is 0 Å². The van der Waals surface area contributed by atoms with Crippen LogP contribution in [0.2, 0.25) is 0 Å². The van der Waals surface area contributed by atoms with Crippen molar-refractivity contribution in [1.82, 2.24) is 4.90 Å². The summed E-state index contributed by atoms with van der Waals surface area (Å²) in [7, 11) is 1.65. The fourth-order valence-corrected chi connectivity index (χ4v) is 1.03. The predicted octanol–water partition coefficient (Wildman–Crippen LogP) is 4.43. The Labute approximate surface area is 123 Å². The van der Waals surface area contributed by atoms with Gasteiger partial charge in [-0.3, -0.25) is 4.79 Å². The van der Waals surface area contributed by atoms with Gasteiger partial charge in [-0.15, -0.1) is 0 Å². The largest absolute Gasteiger partial charge is 0.379 e. The van der Waals surface area contributed by atoms with Crippen LogP contribution in [-0.4, -0.2) is 43.4 Å². The van der Waals surface area contributed by atoms with E-state index in [0.717, 1.165) is 6.54 Å². The van der Waals surface area contributed by atoms with Crippen molar-refractivity contribution in [2.75, 3.05) is 20.4 Å². The molecular weight excluding hydrogens is 242 g/mol. The number of ether oxygens (including phenoxy) is 2.